The van der Waals surface area contributed by atoms with Crippen molar-refractivity contribution in [3.8, 4) is 0 Å². The summed E-state index contributed by atoms with van der Waals surface area (Å²) >= 11 is 0. The number of carbonyl (C=O) groups excluding carboxylic acids is 1. The van der Waals surface area contributed by atoms with Crippen molar-refractivity contribution in [3.63, 3.8) is 0 Å². The van der Waals surface area contributed by atoms with Gasteiger partial charge in [0.2, 0.25) is 0 Å². The molecule has 0 spiro atoms. The normalized spacial score (nSPS) is 14.7. The van der Waals surface area contributed by atoms with Crippen molar-refractivity contribution in [1.29, 1.82) is 0 Å². The molecule has 1 aliphatic carbocycles. The van der Waals surface area contributed by atoms with Gasteiger partial charge in [-0.05, 0) is 53.5 Å². The van der Waals surface area contributed by atoms with E-state index < -0.39 is 0 Å². The van der Waals surface area contributed by atoms with E-state index >= 15 is 0 Å². The van der Waals surface area contributed by atoms with Crippen LogP contribution in [0.4, 0.5) is 0 Å². The number of pyridine rings is 1. The zero-order valence-electron chi connectivity index (χ0n) is 17.4. The summed E-state index contributed by atoms with van der Waals surface area (Å²) in [6.07, 6.45) is 4.25. The summed E-state index contributed by atoms with van der Waals surface area (Å²) in [5, 5.41) is 7.54. The first-order chi connectivity index (χ1) is 15.0. The molecule has 4 aromatic rings. The third-order valence-corrected chi connectivity index (χ3v) is 5.97. The molecule has 0 bridgehead atoms. The SMILES string of the molecule is CC1(CNCc2cc3ccc(CNC(=O)c4cc(=O)n5ccccc5n4)cc3[nH]2)CC1. The Morgan fingerprint density at radius 1 is 1.16 bits per heavy atom. The van der Waals surface area contributed by atoms with Crippen LogP contribution in [-0.4, -0.2) is 26.8 Å². The Labute approximate surface area is 179 Å². The maximum Gasteiger partial charge on any atom is 0.270 e. The summed E-state index contributed by atoms with van der Waals surface area (Å²) in [6.45, 7) is 4.54. The van der Waals surface area contributed by atoms with E-state index in [4.69, 9.17) is 0 Å². The molecule has 3 aromatic heterocycles. The van der Waals surface area contributed by atoms with Crippen molar-refractivity contribution in [2.75, 3.05) is 6.54 Å². The molecule has 0 aliphatic heterocycles. The standard InChI is InChI=1S/C24H25N5O2/c1-24(7-8-24)15-25-14-18-11-17-6-5-16(10-19(17)27-18)13-26-23(31)20-12-22(30)29-9-3-2-4-21(29)28-20/h2-6,9-12,25,27H,7-8,13-15H2,1H3,(H,26,31). The van der Waals surface area contributed by atoms with Gasteiger partial charge in [-0.3, -0.25) is 14.0 Å². The number of H-pyrrole nitrogens is 1. The lowest BCUT2D eigenvalue weighted by Gasteiger charge is -2.08. The second-order valence-electron chi connectivity index (χ2n) is 8.72. The number of amides is 1. The minimum Gasteiger partial charge on any atom is -0.357 e. The zero-order valence-corrected chi connectivity index (χ0v) is 17.4. The van der Waals surface area contributed by atoms with Crippen LogP contribution in [0, 0.1) is 5.41 Å². The van der Waals surface area contributed by atoms with Gasteiger partial charge < -0.3 is 15.6 Å². The number of fused-ring (bicyclic) bond motifs is 2. The van der Waals surface area contributed by atoms with Crippen molar-refractivity contribution in [2.24, 2.45) is 5.41 Å². The number of carbonyl (C=O) groups is 1. The van der Waals surface area contributed by atoms with Gasteiger partial charge in [0.15, 0.2) is 0 Å². The summed E-state index contributed by atoms with van der Waals surface area (Å²) in [4.78, 5) is 32.5. The third-order valence-electron chi connectivity index (χ3n) is 5.97. The van der Waals surface area contributed by atoms with Crippen LogP contribution in [0.15, 0.2) is 59.5 Å². The van der Waals surface area contributed by atoms with Crippen molar-refractivity contribution >= 4 is 22.5 Å². The minimum atomic E-state index is -0.367. The van der Waals surface area contributed by atoms with Crippen LogP contribution in [0.3, 0.4) is 0 Å². The average molecular weight is 415 g/mol. The predicted octanol–water partition coefficient (Wildman–Crippen LogP) is 3.00. The fourth-order valence-corrected chi connectivity index (χ4v) is 3.77. The van der Waals surface area contributed by atoms with E-state index in [0.29, 0.717) is 17.6 Å². The number of nitrogens with one attached hydrogen (secondary N) is 3. The van der Waals surface area contributed by atoms with Gasteiger partial charge >= 0.3 is 0 Å². The molecule has 0 radical (unpaired) electrons. The Kier molecular flexibility index (Phi) is 4.82. The van der Waals surface area contributed by atoms with Gasteiger partial charge in [-0.1, -0.05) is 25.1 Å². The molecule has 3 heterocycles. The van der Waals surface area contributed by atoms with Crippen LogP contribution < -0.4 is 16.2 Å². The van der Waals surface area contributed by atoms with Crippen LogP contribution in [0.1, 0.15) is 41.5 Å². The van der Waals surface area contributed by atoms with Crippen LogP contribution in [-0.2, 0) is 13.1 Å². The summed E-state index contributed by atoms with van der Waals surface area (Å²) in [5.41, 5.74) is 3.96. The number of hydrogen-bond donors (Lipinski definition) is 3. The van der Waals surface area contributed by atoms with Crippen molar-refractivity contribution in [3.05, 3.63) is 82.0 Å². The first-order valence-corrected chi connectivity index (χ1v) is 10.6. The van der Waals surface area contributed by atoms with Crippen molar-refractivity contribution in [1.82, 2.24) is 25.0 Å². The third kappa shape index (κ3) is 4.22. The number of aromatic amines is 1. The number of nitrogens with zero attached hydrogens (tertiary/aromatic N) is 2. The Morgan fingerprint density at radius 2 is 2.03 bits per heavy atom. The van der Waals surface area contributed by atoms with Crippen LogP contribution in [0.5, 0.6) is 0 Å². The summed E-state index contributed by atoms with van der Waals surface area (Å²) in [6, 6.07) is 14.8. The molecule has 31 heavy (non-hydrogen) atoms. The largest absolute Gasteiger partial charge is 0.357 e. The first-order valence-electron chi connectivity index (χ1n) is 10.6. The second-order valence-corrected chi connectivity index (χ2v) is 8.72. The average Bonchev–Trinajstić information content (AvgIpc) is 3.36. The number of rotatable bonds is 7. The molecular weight excluding hydrogens is 390 g/mol. The maximum absolute atomic E-state index is 12.5. The van der Waals surface area contributed by atoms with Gasteiger partial charge in [0, 0.05) is 43.1 Å². The molecular formula is C24H25N5O2. The number of aromatic nitrogens is 3. The summed E-state index contributed by atoms with van der Waals surface area (Å²) in [7, 11) is 0. The van der Waals surface area contributed by atoms with Crippen molar-refractivity contribution < 1.29 is 4.79 Å². The van der Waals surface area contributed by atoms with Crippen LogP contribution in [0.2, 0.25) is 0 Å². The molecule has 7 heteroatoms. The van der Waals surface area contributed by atoms with E-state index in [9.17, 15) is 9.59 Å². The number of hydrogen-bond acceptors (Lipinski definition) is 4. The Hall–Kier alpha value is -3.45. The van der Waals surface area contributed by atoms with Gasteiger partial charge in [0.25, 0.3) is 11.5 Å². The van der Waals surface area contributed by atoms with Gasteiger partial charge in [-0.25, -0.2) is 4.98 Å². The Bertz CT molecular complexity index is 1330. The van der Waals surface area contributed by atoms with Gasteiger partial charge in [0.1, 0.15) is 11.3 Å². The number of benzene rings is 1. The van der Waals surface area contributed by atoms with Crippen LogP contribution >= 0.6 is 0 Å². The zero-order chi connectivity index (χ0) is 21.4. The minimum absolute atomic E-state index is 0.120. The lowest BCUT2D eigenvalue weighted by Crippen LogP contribution is -2.26. The van der Waals surface area contributed by atoms with Gasteiger partial charge in [-0.15, -0.1) is 0 Å². The second kappa shape index (κ2) is 7.67. The fraction of sp³-hybridized carbons (Fsp3) is 0.292. The van der Waals surface area contributed by atoms with E-state index in [-0.39, 0.29) is 17.2 Å². The monoisotopic (exact) mass is 415 g/mol. The Balaban J connectivity index is 1.25. The van der Waals surface area contributed by atoms with E-state index in [0.717, 1.165) is 35.2 Å². The molecule has 7 nitrogen and oxygen atoms in total. The molecule has 3 N–H and O–H groups in total. The predicted molar refractivity (Wildman–Crippen MR) is 120 cm³/mol. The summed E-state index contributed by atoms with van der Waals surface area (Å²) < 4.78 is 1.41. The topological polar surface area (TPSA) is 91.3 Å². The molecule has 1 saturated carbocycles. The highest BCUT2D eigenvalue weighted by Gasteiger charge is 2.36. The smallest absolute Gasteiger partial charge is 0.270 e. The molecule has 1 aliphatic rings. The quantitative estimate of drug-likeness (QED) is 0.433. The maximum atomic E-state index is 12.5. The molecule has 0 saturated heterocycles. The van der Waals surface area contributed by atoms with E-state index in [1.807, 2.05) is 12.1 Å². The molecule has 0 atom stereocenters. The van der Waals surface area contributed by atoms with E-state index in [1.54, 1.807) is 24.4 Å². The first kappa shape index (κ1) is 19.5. The van der Waals surface area contributed by atoms with Gasteiger partial charge in [0.05, 0.1) is 0 Å². The molecule has 1 amide bonds. The van der Waals surface area contributed by atoms with Gasteiger partial charge in [-0.2, -0.15) is 0 Å². The molecule has 0 unspecified atom stereocenters. The molecule has 1 fully saturated rings. The lowest BCUT2D eigenvalue weighted by molar-refractivity contribution is 0.0946. The summed E-state index contributed by atoms with van der Waals surface area (Å²) in [5.74, 6) is -0.367. The highest BCUT2D eigenvalue weighted by atomic mass is 16.2. The highest BCUT2D eigenvalue weighted by molar-refractivity contribution is 5.92. The van der Waals surface area contributed by atoms with Crippen molar-refractivity contribution in [2.45, 2.75) is 32.9 Å². The highest BCUT2D eigenvalue weighted by Crippen LogP contribution is 2.44. The van der Waals surface area contributed by atoms with E-state index in [2.05, 4.69) is 39.7 Å². The van der Waals surface area contributed by atoms with E-state index in [1.165, 1.54) is 23.3 Å². The fourth-order valence-electron chi connectivity index (χ4n) is 3.77. The van der Waals surface area contributed by atoms with Crippen LogP contribution in [0.25, 0.3) is 16.6 Å². The lowest BCUT2D eigenvalue weighted by atomic mass is 10.1. The molecule has 158 valence electrons. The molecule has 5 rings (SSSR count). The Morgan fingerprint density at radius 3 is 2.87 bits per heavy atom. The molecule has 1 aromatic carbocycles.